The highest BCUT2D eigenvalue weighted by Gasteiger charge is 2.26. The summed E-state index contributed by atoms with van der Waals surface area (Å²) in [5.74, 6) is -1.11. The zero-order valence-electron chi connectivity index (χ0n) is 14.7. The van der Waals surface area contributed by atoms with Crippen LogP contribution < -0.4 is 5.43 Å². The number of phenols is 2. The molecule has 9 heteroatoms. The molecule has 0 radical (unpaired) electrons. The molecule has 7 nitrogen and oxygen atoms in total. The van der Waals surface area contributed by atoms with E-state index in [2.05, 4.69) is 4.98 Å². The Bertz CT molecular complexity index is 1420. The van der Waals surface area contributed by atoms with Gasteiger partial charge in [0.2, 0.25) is 0 Å². The number of phenolic OH excluding ortho intramolecular Hbond substituents is 2. The van der Waals surface area contributed by atoms with Gasteiger partial charge in [-0.25, -0.2) is 8.96 Å². The van der Waals surface area contributed by atoms with Crippen molar-refractivity contribution >= 4 is 32.5 Å². The van der Waals surface area contributed by atoms with E-state index in [1.165, 1.54) is 18.3 Å². The number of aromatic nitrogens is 2. The SMILES string of the molecule is O=c1cc(-c2ccccc2Cl)n(S(=O)(=O)c2ccccn2)c2cc(O)c(O)cc12. The Kier molecular flexibility index (Phi) is 4.52. The number of fused-ring (bicyclic) bond motifs is 1. The van der Waals surface area contributed by atoms with Crippen molar-refractivity contribution in [2.75, 3.05) is 0 Å². The molecule has 2 N–H and O–H groups in total. The van der Waals surface area contributed by atoms with Gasteiger partial charge in [-0.1, -0.05) is 35.9 Å². The zero-order valence-corrected chi connectivity index (χ0v) is 16.2. The van der Waals surface area contributed by atoms with Crippen LogP contribution in [0.15, 0.2) is 76.7 Å². The van der Waals surface area contributed by atoms with E-state index in [1.54, 1.807) is 30.3 Å². The quantitative estimate of drug-likeness (QED) is 0.484. The van der Waals surface area contributed by atoms with Crippen LogP contribution in [0.1, 0.15) is 0 Å². The van der Waals surface area contributed by atoms with Crippen molar-refractivity contribution in [1.29, 1.82) is 0 Å². The van der Waals surface area contributed by atoms with Crippen molar-refractivity contribution in [1.82, 2.24) is 8.96 Å². The van der Waals surface area contributed by atoms with Gasteiger partial charge in [-0.2, -0.15) is 8.42 Å². The maximum Gasteiger partial charge on any atom is 0.286 e. The molecule has 0 saturated heterocycles. The number of hydrogen-bond acceptors (Lipinski definition) is 6. The minimum atomic E-state index is -4.29. The summed E-state index contributed by atoms with van der Waals surface area (Å²) in [6, 6.07) is 14.0. The van der Waals surface area contributed by atoms with Crippen LogP contribution in [0.3, 0.4) is 0 Å². The van der Waals surface area contributed by atoms with Crippen LogP contribution in [0.5, 0.6) is 11.5 Å². The zero-order chi connectivity index (χ0) is 20.8. The Hall–Kier alpha value is -3.36. The molecule has 146 valence electrons. The fourth-order valence-corrected chi connectivity index (χ4v) is 4.71. The summed E-state index contributed by atoms with van der Waals surface area (Å²) in [6.45, 7) is 0. The number of pyridine rings is 2. The Labute approximate surface area is 170 Å². The van der Waals surface area contributed by atoms with Gasteiger partial charge in [-0.15, -0.1) is 0 Å². The van der Waals surface area contributed by atoms with Gasteiger partial charge in [-0.05, 0) is 24.3 Å². The van der Waals surface area contributed by atoms with E-state index in [4.69, 9.17) is 11.6 Å². The molecule has 0 saturated carbocycles. The molecule has 0 fully saturated rings. The lowest BCUT2D eigenvalue weighted by molar-refractivity contribution is 0.404. The predicted octanol–water partition coefficient (Wildman–Crippen LogP) is 3.37. The summed E-state index contributed by atoms with van der Waals surface area (Å²) in [5, 5.41) is 19.7. The molecular weight excluding hydrogens is 416 g/mol. The number of aromatic hydroxyl groups is 2. The van der Waals surface area contributed by atoms with Crippen LogP contribution in [0.25, 0.3) is 22.2 Å². The lowest BCUT2D eigenvalue weighted by Gasteiger charge is -2.18. The predicted molar refractivity (Wildman–Crippen MR) is 109 cm³/mol. The van der Waals surface area contributed by atoms with Gasteiger partial charge in [-0.3, -0.25) is 4.79 Å². The van der Waals surface area contributed by atoms with Gasteiger partial charge in [0.25, 0.3) is 10.0 Å². The van der Waals surface area contributed by atoms with E-state index in [0.717, 1.165) is 22.2 Å². The molecule has 2 heterocycles. The molecule has 4 aromatic rings. The van der Waals surface area contributed by atoms with Crippen molar-refractivity contribution in [2.45, 2.75) is 5.03 Å². The Balaban J connectivity index is 2.23. The molecule has 0 aliphatic carbocycles. The van der Waals surface area contributed by atoms with E-state index < -0.39 is 27.0 Å². The Morgan fingerprint density at radius 2 is 1.62 bits per heavy atom. The van der Waals surface area contributed by atoms with Crippen molar-refractivity contribution < 1.29 is 18.6 Å². The minimum Gasteiger partial charge on any atom is -0.504 e. The van der Waals surface area contributed by atoms with Crippen LogP contribution >= 0.6 is 11.6 Å². The number of hydrogen-bond donors (Lipinski definition) is 2. The van der Waals surface area contributed by atoms with Gasteiger partial charge < -0.3 is 10.2 Å². The van der Waals surface area contributed by atoms with Crippen LogP contribution in [-0.2, 0) is 10.0 Å². The second kappa shape index (κ2) is 6.91. The topological polar surface area (TPSA) is 109 Å². The molecule has 0 bridgehead atoms. The number of benzene rings is 2. The van der Waals surface area contributed by atoms with Crippen LogP contribution in [0, 0.1) is 0 Å². The van der Waals surface area contributed by atoms with Gasteiger partial charge in [0, 0.05) is 28.9 Å². The molecular formula is C20H13ClN2O5S. The first-order valence-corrected chi connectivity index (χ1v) is 10.2. The Morgan fingerprint density at radius 1 is 0.931 bits per heavy atom. The van der Waals surface area contributed by atoms with E-state index in [-0.39, 0.29) is 26.6 Å². The molecule has 0 spiro atoms. The molecule has 2 aromatic carbocycles. The minimum absolute atomic E-state index is 0.00356. The normalized spacial score (nSPS) is 11.6. The van der Waals surface area contributed by atoms with Crippen LogP contribution in [-0.4, -0.2) is 27.6 Å². The fraction of sp³-hybridized carbons (Fsp3) is 0. The monoisotopic (exact) mass is 428 g/mol. The largest absolute Gasteiger partial charge is 0.504 e. The fourth-order valence-electron chi connectivity index (χ4n) is 3.03. The highest BCUT2D eigenvalue weighted by Crippen LogP contribution is 2.35. The summed E-state index contributed by atoms with van der Waals surface area (Å²) in [6.07, 6.45) is 1.33. The third-order valence-corrected chi connectivity index (χ3v) is 6.33. The van der Waals surface area contributed by atoms with Gasteiger partial charge in [0.1, 0.15) is 0 Å². The molecule has 0 aliphatic rings. The highest BCUT2D eigenvalue weighted by molar-refractivity contribution is 7.90. The lowest BCUT2D eigenvalue weighted by atomic mass is 10.1. The number of halogens is 1. The molecule has 0 atom stereocenters. The summed E-state index contributed by atoms with van der Waals surface area (Å²) < 4.78 is 27.8. The van der Waals surface area contributed by atoms with Crippen molar-refractivity contribution in [3.63, 3.8) is 0 Å². The Morgan fingerprint density at radius 3 is 2.31 bits per heavy atom. The first-order valence-electron chi connectivity index (χ1n) is 8.34. The van der Waals surface area contributed by atoms with E-state index in [0.29, 0.717) is 5.56 Å². The van der Waals surface area contributed by atoms with Crippen molar-refractivity contribution in [3.8, 4) is 22.8 Å². The van der Waals surface area contributed by atoms with E-state index in [1.807, 2.05) is 0 Å². The van der Waals surface area contributed by atoms with Crippen molar-refractivity contribution in [2.24, 2.45) is 0 Å². The average molecular weight is 429 g/mol. The maximum absolute atomic E-state index is 13.5. The molecule has 2 aromatic heterocycles. The van der Waals surface area contributed by atoms with Crippen LogP contribution in [0.4, 0.5) is 0 Å². The first kappa shape index (κ1) is 19.0. The smallest absolute Gasteiger partial charge is 0.286 e. The molecule has 29 heavy (non-hydrogen) atoms. The average Bonchev–Trinajstić information content (AvgIpc) is 2.70. The van der Waals surface area contributed by atoms with Gasteiger partial charge in [0.15, 0.2) is 22.0 Å². The third-order valence-electron chi connectivity index (χ3n) is 4.36. The standard InChI is InChI=1S/C20H13ClN2O5S/c21-14-6-2-1-5-12(14)15-10-17(24)13-9-18(25)19(26)11-16(13)23(15)29(27,28)20-7-3-4-8-22-20/h1-11,25-26H. The lowest BCUT2D eigenvalue weighted by Crippen LogP contribution is -2.20. The maximum atomic E-state index is 13.5. The molecule has 0 unspecified atom stereocenters. The van der Waals surface area contributed by atoms with Crippen molar-refractivity contribution in [3.05, 3.63) is 82.1 Å². The molecule has 0 aliphatic heterocycles. The van der Waals surface area contributed by atoms with Gasteiger partial charge in [0.05, 0.1) is 16.6 Å². The van der Waals surface area contributed by atoms with Crippen LogP contribution in [0.2, 0.25) is 5.02 Å². The summed E-state index contributed by atoms with van der Waals surface area (Å²) in [7, 11) is -4.29. The van der Waals surface area contributed by atoms with Gasteiger partial charge >= 0.3 is 0 Å². The number of rotatable bonds is 3. The summed E-state index contributed by atoms with van der Waals surface area (Å²) in [4.78, 5) is 16.6. The summed E-state index contributed by atoms with van der Waals surface area (Å²) in [5.41, 5.74) is -0.352. The summed E-state index contributed by atoms with van der Waals surface area (Å²) >= 11 is 6.27. The van der Waals surface area contributed by atoms with E-state index in [9.17, 15) is 23.4 Å². The second-order valence-electron chi connectivity index (χ2n) is 6.17. The second-order valence-corrected chi connectivity index (χ2v) is 8.31. The molecule has 4 rings (SSSR count). The molecule has 0 amide bonds. The number of nitrogens with zero attached hydrogens (tertiary/aromatic N) is 2. The van der Waals surface area contributed by atoms with E-state index >= 15 is 0 Å². The third kappa shape index (κ3) is 3.12. The first-order chi connectivity index (χ1) is 13.8. The highest BCUT2D eigenvalue weighted by atomic mass is 35.5.